The number of anilines is 1. The van der Waals surface area contributed by atoms with Crippen LogP contribution in [0.4, 0.5) is 10.6 Å². The minimum absolute atomic E-state index is 0.101. The zero-order valence-electron chi connectivity index (χ0n) is 20.8. The van der Waals surface area contributed by atoms with Crippen LogP contribution in [-0.2, 0) is 4.79 Å². The minimum Gasteiger partial charge on any atom is -0.481 e. The largest absolute Gasteiger partial charge is 0.481 e. The number of nitrogens with two attached hydrogens (primary N) is 1. The number of amides is 3. The number of hydrogen-bond acceptors (Lipinski definition) is 8. The highest BCUT2D eigenvalue weighted by Crippen LogP contribution is 2.29. The van der Waals surface area contributed by atoms with Crippen LogP contribution in [0.2, 0.25) is 0 Å². The second-order valence-corrected chi connectivity index (χ2v) is 9.49. The number of nitrogens with one attached hydrogen (secondary N) is 3. The van der Waals surface area contributed by atoms with Crippen LogP contribution < -0.4 is 26.4 Å². The lowest BCUT2D eigenvalue weighted by molar-refractivity contribution is -0.127. The molecule has 37 heavy (non-hydrogen) atoms. The fraction of sp³-hybridized carbons (Fsp3) is 0.417. The molecule has 13 heteroatoms. The van der Waals surface area contributed by atoms with Crippen LogP contribution in [0.25, 0.3) is 16.8 Å². The van der Waals surface area contributed by atoms with E-state index in [0.29, 0.717) is 48.3 Å². The molecule has 196 valence electrons. The highest BCUT2D eigenvalue weighted by atomic mass is 16.5. The summed E-state index contributed by atoms with van der Waals surface area (Å²) in [4.78, 5) is 44.9. The standard InChI is InChI=1S/C24H30N8O5/c1-24(2,31-23(35)36)22(34)30-15-6-4-14(5-7-15)29-21(33)16-11-17(13-8-9-26-18(10-13)37-3)32-19(16)20(25)27-12-28-32/h8-12,14-15,31H,4-7H2,1-3H3,(H,29,33)(H,30,34)(H,35,36)(H2,25,27,28). The van der Waals surface area contributed by atoms with Crippen LogP contribution in [-0.4, -0.2) is 67.3 Å². The molecule has 0 atom stereocenters. The molecule has 3 aromatic rings. The molecule has 0 aliphatic heterocycles. The molecule has 1 fully saturated rings. The molecule has 0 saturated heterocycles. The van der Waals surface area contributed by atoms with Crippen molar-refractivity contribution in [3.05, 3.63) is 36.3 Å². The predicted molar refractivity (Wildman–Crippen MR) is 134 cm³/mol. The van der Waals surface area contributed by atoms with Gasteiger partial charge in [-0.15, -0.1) is 0 Å². The fourth-order valence-corrected chi connectivity index (χ4v) is 4.46. The van der Waals surface area contributed by atoms with Crippen LogP contribution >= 0.6 is 0 Å². The van der Waals surface area contributed by atoms with E-state index in [4.69, 9.17) is 15.6 Å². The number of nitrogens with zero attached hydrogens (tertiary/aromatic N) is 4. The van der Waals surface area contributed by atoms with Gasteiger partial charge >= 0.3 is 6.09 Å². The van der Waals surface area contributed by atoms with Crippen molar-refractivity contribution in [3.8, 4) is 17.1 Å². The van der Waals surface area contributed by atoms with Crippen LogP contribution in [0, 0.1) is 0 Å². The third-order valence-corrected chi connectivity index (χ3v) is 6.45. The molecule has 0 bridgehead atoms. The number of aromatic nitrogens is 4. The van der Waals surface area contributed by atoms with Gasteiger partial charge in [-0.3, -0.25) is 9.59 Å². The minimum atomic E-state index is -1.26. The summed E-state index contributed by atoms with van der Waals surface area (Å²) >= 11 is 0. The maximum absolute atomic E-state index is 13.3. The van der Waals surface area contributed by atoms with Gasteiger partial charge in [-0.25, -0.2) is 19.3 Å². The third-order valence-electron chi connectivity index (χ3n) is 6.45. The molecular formula is C24H30N8O5. The monoisotopic (exact) mass is 510 g/mol. The average molecular weight is 511 g/mol. The summed E-state index contributed by atoms with van der Waals surface area (Å²) in [6.45, 7) is 3.02. The van der Waals surface area contributed by atoms with Crippen molar-refractivity contribution in [2.24, 2.45) is 0 Å². The third kappa shape index (κ3) is 5.55. The maximum atomic E-state index is 13.3. The SMILES string of the molecule is COc1cc(-c2cc(C(=O)NC3CCC(NC(=O)C(C)(C)NC(=O)O)CC3)c3c(N)ncnn23)ccn1. The molecule has 0 spiro atoms. The van der Waals surface area contributed by atoms with E-state index in [-0.39, 0.29) is 23.8 Å². The van der Waals surface area contributed by atoms with E-state index in [1.54, 1.807) is 28.9 Å². The fourth-order valence-electron chi connectivity index (χ4n) is 4.46. The van der Waals surface area contributed by atoms with E-state index in [2.05, 4.69) is 31.0 Å². The van der Waals surface area contributed by atoms with E-state index in [9.17, 15) is 14.4 Å². The van der Waals surface area contributed by atoms with Crippen LogP contribution in [0.3, 0.4) is 0 Å². The van der Waals surface area contributed by atoms with Crippen molar-refractivity contribution in [1.29, 1.82) is 0 Å². The van der Waals surface area contributed by atoms with Crippen molar-refractivity contribution < 1.29 is 24.2 Å². The molecule has 4 rings (SSSR count). The lowest BCUT2D eigenvalue weighted by Crippen LogP contribution is -2.57. The number of carbonyl (C=O) groups is 3. The summed E-state index contributed by atoms with van der Waals surface area (Å²) in [5.74, 6) is -0.0909. The van der Waals surface area contributed by atoms with Gasteiger partial charge in [-0.1, -0.05) is 0 Å². The second-order valence-electron chi connectivity index (χ2n) is 9.49. The van der Waals surface area contributed by atoms with Crippen molar-refractivity contribution in [3.63, 3.8) is 0 Å². The Labute approximate surface area is 212 Å². The van der Waals surface area contributed by atoms with E-state index in [0.717, 1.165) is 5.56 Å². The van der Waals surface area contributed by atoms with Gasteiger partial charge in [0.1, 0.15) is 17.4 Å². The maximum Gasteiger partial charge on any atom is 0.405 e. The number of pyridine rings is 1. The summed E-state index contributed by atoms with van der Waals surface area (Å²) in [5.41, 5.74) is 7.02. The van der Waals surface area contributed by atoms with Crippen LogP contribution in [0.5, 0.6) is 5.88 Å². The van der Waals surface area contributed by atoms with Crippen LogP contribution in [0.1, 0.15) is 49.9 Å². The molecule has 1 aliphatic rings. The number of rotatable bonds is 7. The summed E-state index contributed by atoms with van der Waals surface area (Å²) < 4.78 is 6.80. The van der Waals surface area contributed by atoms with E-state index in [1.165, 1.54) is 27.3 Å². The first-order valence-electron chi connectivity index (χ1n) is 11.8. The average Bonchev–Trinajstić information content (AvgIpc) is 3.26. The molecule has 3 amide bonds. The molecule has 3 heterocycles. The first-order chi connectivity index (χ1) is 17.6. The topological polar surface area (TPSA) is 186 Å². The Bertz CT molecular complexity index is 1330. The lowest BCUT2D eigenvalue weighted by Gasteiger charge is -2.32. The summed E-state index contributed by atoms with van der Waals surface area (Å²) in [6.07, 6.45) is 4.25. The molecule has 3 aromatic heterocycles. The number of hydrogen-bond donors (Lipinski definition) is 5. The van der Waals surface area contributed by atoms with Crippen molar-refractivity contribution in [2.45, 2.75) is 57.2 Å². The normalized spacial score (nSPS) is 17.7. The van der Waals surface area contributed by atoms with Crippen molar-refractivity contribution in [2.75, 3.05) is 12.8 Å². The molecular weight excluding hydrogens is 480 g/mol. The number of carboxylic acid groups (broad SMARTS) is 1. The van der Waals surface area contributed by atoms with Gasteiger partial charge in [0.05, 0.1) is 18.4 Å². The van der Waals surface area contributed by atoms with E-state index >= 15 is 0 Å². The molecule has 1 saturated carbocycles. The highest BCUT2D eigenvalue weighted by Gasteiger charge is 2.33. The zero-order chi connectivity index (χ0) is 26.7. The molecule has 13 nitrogen and oxygen atoms in total. The Morgan fingerprint density at radius 3 is 2.43 bits per heavy atom. The number of carbonyl (C=O) groups excluding carboxylic acids is 2. The van der Waals surface area contributed by atoms with Crippen molar-refractivity contribution in [1.82, 2.24) is 35.5 Å². The number of nitrogen functional groups attached to an aromatic ring is 1. The Kier molecular flexibility index (Phi) is 7.14. The summed E-state index contributed by atoms with van der Waals surface area (Å²) in [7, 11) is 1.52. The van der Waals surface area contributed by atoms with E-state index < -0.39 is 17.5 Å². The molecule has 6 N–H and O–H groups in total. The van der Waals surface area contributed by atoms with Gasteiger partial charge in [0.15, 0.2) is 5.82 Å². The van der Waals surface area contributed by atoms with Gasteiger partial charge in [0.2, 0.25) is 11.8 Å². The van der Waals surface area contributed by atoms with Gasteiger partial charge in [-0.05, 0) is 51.7 Å². The van der Waals surface area contributed by atoms with Crippen LogP contribution in [0.15, 0.2) is 30.7 Å². The number of methoxy groups -OCH3 is 1. The Hall–Kier alpha value is -4.42. The Morgan fingerprint density at radius 2 is 1.78 bits per heavy atom. The number of ether oxygens (including phenoxy) is 1. The first-order valence-corrected chi connectivity index (χ1v) is 11.8. The smallest absolute Gasteiger partial charge is 0.405 e. The summed E-state index contributed by atoms with van der Waals surface area (Å²) in [5, 5.41) is 21.4. The van der Waals surface area contributed by atoms with E-state index in [1.807, 2.05) is 0 Å². The highest BCUT2D eigenvalue weighted by molar-refractivity contribution is 6.05. The lowest BCUT2D eigenvalue weighted by atomic mass is 9.90. The molecule has 0 radical (unpaired) electrons. The quantitative estimate of drug-likeness (QED) is 0.315. The Balaban J connectivity index is 1.46. The summed E-state index contributed by atoms with van der Waals surface area (Å²) in [6, 6.07) is 5.03. The molecule has 1 aliphatic carbocycles. The second kappa shape index (κ2) is 10.3. The first kappa shape index (κ1) is 25.7. The molecule has 0 unspecified atom stereocenters. The van der Waals surface area contributed by atoms with Gasteiger partial charge in [-0.2, -0.15) is 5.10 Å². The van der Waals surface area contributed by atoms with Gasteiger partial charge in [0.25, 0.3) is 5.91 Å². The Morgan fingerprint density at radius 1 is 1.11 bits per heavy atom. The number of fused-ring (bicyclic) bond motifs is 1. The van der Waals surface area contributed by atoms with Gasteiger partial charge < -0.3 is 31.5 Å². The van der Waals surface area contributed by atoms with Gasteiger partial charge in [0, 0.05) is 29.9 Å². The zero-order valence-corrected chi connectivity index (χ0v) is 20.8. The van der Waals surface area contributed by atoms with Crippen molar-refractivity contribution >= 4 is 29.2 Å². The molecule has 0 aromatic carbocycles. The predicted octanol–water partition coefficient (Wildman–Crippen LogP) is 1.59.